The van der Waals surface area contributed by atoms with Crippen LogP contribution in [0.4, 0.5) is 0 Å². The quantitative estimate of drug-likeness (QED) is 0.864. The van der Waals surface area contributed by atoms with Gasteiger partial charge in [0.25, 0.3) is 0 Å². The van der Waals surface area contributed by atoms with Crippen molar-refractivity contribution in [3.8, 4) is 5.75 Å². The molecule has 1 fully saturated rings. The second-order valence-corrected chi connectivity index (χ2v) is 5.27. The van der Waals surface area contributed by atoms with Crippen molar-refractivity contribution in [1.29, 1.82) is 0 Å². The maximum absolute atomic E-state index is 11.9. The monoisotopic (exact) mass is 245 g/mol. The standard InChI is InChI=1S/C15H19NO2/c17-13(10-16-12-5-6-12)9-11-7-8-18-15-4-2-1-3-14(11)15/h1-4,11-12,16H,5-10H2. The van der Waals surface area contributed by atoms with Crippen molar-refractivity contribution in [3.05, 3.63) is 29.8 Å². The number of benzene rings is 1. The van der Waals surface area contributed by atoms with Gasteiger partial charge in [0.1, 0.15) is 11.5 Å². The molecular weight excluding hydrogens is 226 g/mol. The Kier molecular flexibility index (Phi) is 3.33. The zero-order valence-corrected chi connectivity index (χ0v) is 10.5. The van der Waals surface area contributed by atoms with Crippen LogP contribution < -0.4 is 10.1 Å². The minimum atomic E-state index is 0.323. The van der Waals surface area contributed by atoms with E-state index in [1.807, 2.05) is 18.2 Å². The lowest BCUT2D eigenvalue weighted by molar-refractivity contribution is -0.118. The van der Waals surface area contributed by atoms with Crippen LogP contribution in [0, 0.1) is 0 Å². The molecule has 96 valence electrons. The maximum Gasteiger partial charge on any atom is 0.147 e. The summed E-state index contributed by atoms with van der Waals surface area (Å²) < 4.78 is 5.62. The number of hydrogen-bond donors (Lipinski definition) is 1. The van der Waals surface area contributed by atoms with Crippen LogP contribution in [-0.4, -0.2) is 25.0 Å². The molecule has 0 amide bonds. The first-order chi connectivity index (χ1) is 8.83. The van der Waals surface area contributed by atoms with Gasteiger partial charge in [0.15, 0.2) is 0 Å². The second-order valence-electron chi connectivity index (χ2n) is 5.27. The molecule has 1 saturated carbocycles. The average Bonchev–Trinajstić information content (AvgIpc) is 3.21. The number of hydrogen-bond acceptors (Lipinski definition) is 3. The molecule has 0 aromatic heterocycles. The summed E-state index contributed by atoms with van der Waals surface area (Å²) >= 11 is 0. The summed E-state index contributed by atoms with van der Waals surface area (Å²) in [6.45, 7) is 1.26. The Balaban J connectivity index is 1.60. The Morgan fingerprint density at radius 3 is 2.94 bits per heavy atom. The molecule has 1 N–H and O–H groups in total. The number of ether oxygens (including phenoxy) is 1. The van der Waals surface area contributed by atoms with Gasteiger partial charge in [0.05, 0.1) is 13.2 Å². The summed E-state index contributed by atoms with van der Waals surface area (Å²) in [5.41, 5.74) is 1.20. The Bertz CT molecular complexity index is 440. The number of nitrogens with one attached hydrogen (secondary N) is 1. The van der Waals surface area contributed by atoms with Crippen molar-refractivity contribution >= 4 is 5.78 Å². The average molecular weight is 245 g/mol. The summed E-state index contributed by atoms with van der Waals surface area (Å²) in [6.07, 6.45) is 4.05. The number of fused-ring (bicyclic) bond motifs is 1. The van der Waals surface area contributed by atoms with Crippen LogP contribution in [0.3, 0.4) is 0 Å². The number of carbonyl (C=O) groups is 1. The van der Waals surface area contributed by atoms with Crippen LogP contribution in [0.25, 0.3) is 0 Å². The van der Waals surface area contributed by atoms with E-state index in [0.717, 1.165) is 18.8 Å². The van der Waals surface area contributed by atoms with Crippen molar-refractivity contribution in [2.75, 3.05) is 13.2 Å². The minimum Gasteiger partial charge on any atom is -0.493 e. The smallest absolute Gasteiger partial charge is 0.147 e. The topological polar surface area (TPSA) is 38.3 Å². The van der Waals surface area contributed by atoms with Crippen LogP contribution in [0.2, 0.25) is 0 Å². The largest absolute Gasteiger partial charge is 0.493 e. The zero-order chi connectivity index (χ0) is 12.4. The van der Waals surface area contributed by atoms with Crippen LogP contribution >= 0.6 is 0 Å². The van der Waals surface area contributed by atoms with E-state index >= 15 is 0 Å². The van der Waals surface area contributed by atoms with E-state index in [1.165, 1.54) is 18.4 Å². The fourth-order valence-corrected chi connectivity index (χ4v) is 2.52. The van der Waals surface area contributed by atoms with Gasteiger partial charge in [-0.05, 0) is 36.8 Å². The van der Waals surface area contributed by atoms with E-state index in [4.69, 9.17) is 4.74 Å². The highest BCUT2D eigenvalue weighted by Crippen LogP contribution is 2.35. The predicted octanol–water partition coefficient (Wildman–Crippen LogP) is 2.26. The van der Waals surface area contributed by atoms with Gasteiger partial charge in [-0.3, -0.25) is 4.79 Å². The molecule has 1 aliphatic carbocycles. The van der Waals surface area contributed by atoms with Crippen molar-refractivity contribution < 1.29 is 9.53 Å². The van der Waals surface area contributed by atoms with E-state index in [-0.39, 0.29) is 0 Å². The number of ketones is 1. The van der Waals surface area contributed by atoms with Gasteiger partial charge in [-0.2, -0.15) is 0 Å². The normalized spacial score (nSPS) is 22.1. The summed E-state index contributed by atoms with van der Waals surface area (Å²) in [5.74, 6) is 1.61. The molecule has 3 rings (SSSR count). The first-order valence-electron chi connectivity index (χ1n) is 6.80. The minimum absolute atomic E-state index is 0.323. The SMILES string of the molecule is O=C(CNC1CC1)CC1CCOc2ccccc21. The van der Waals surface area contributed by atoms with Gasteiger partial charge in [-0.25, -0.2) is 0 Å². The molecule has 0 spiro atoms. The molecule has 2 aliphatic rings. The van der Waals surface area contributed by atoms with Gasteiger partial charge < -0.3 is 10.1 Å². The molecule has 0 bridgehead atoms. The summed E-state index contributed by atoms with van der Waals surface area (Å²) in [6, 6.07) is 8.69. The van der Waals surface area contributed by atoms with E-state index in [9.17, 15) is 4.79 Å². The van der Waals surface area contributed by atoms with E-state index in [2.05, 4.69) is 11.4 Å². The number of para-hydroxylation sites is 1. The van der Waals surface area contributed by atoms with Gasteiger partial charge in [0.2, 0.25) is 0 Å². The highest BCUT2D eigenvalue weighted by Gasteiger charge is 2.25. The van der Waals surface area contributed by atoms with Crippen molar-refractivity contribution in [2.45, 2.75) is 37.6 Å². The van der Waals surface area contributed by atoms with Crippen molar-refractivity contribution in [3.63, 3.8) is 0 Å². The Hall–Kier alpha value is -1.35. The fourth-order valence-electron chi connectivity index (χ4n) is 2.52. The van der Waals surface area contributed by atoms with E-state index in [0.29, 0.717) is 30.7 Å². The zero-order valence-electron chi connectivity index (χ0n) is 10.5. The molecular formula is C15H19NO2. The molecule has 1 aromatic rings. The lowest BCUT2D eigenvalue weighted by Crippen LogP contribution is -2.27. The number of Topliss-reactive ketones (excluding diaryl/α,β-unsaturated/α-hetero) is 1. The summed E-state index contributed by atoms with van der Waals surface area (Å²) in [5, 5.41) is 3.29. The van der Waals surface area contributed by atoms with E-state index in [1.54, 1.807) is 0 Å². The van der Waals surface area contributed by atoms with Crippen molar-refractivity contribution in [2.24, 2.45) is 0 Å². The maximum atomic E-state index is 11.9. The van der Waals surface area contributed by atoms with Crippen molar-refractivity contribution in [1.82, 2.24) is 5.32 Å². The molecule has 0 radical (unpaired) electrons. The third-order valence-electron chi connectivity index (χ3n) is 3.72. The Morgan fingerprint density at radius 2 is 2.11 bits per heavy atom. The lowest BCUT2D eigenvalue weighted by Gasteiger charge is -2.25. The van der Waals surface area contributed by atoms with Crippen LogP contribution in [0.5, 0.6) is 5.75 Å². The molecule has 1 atom stereocenters. The van der Waals surface area contributed by atoms with Gasteiger partial charge in [-0.15, -0.1) is 0 Å². The molecule has 3 nitrogen and oxygen atoms in total. The molecule has 0 saturated heterocycles. The molecule has 1 aliphatic heterocycles. The molecule has 3 heteroatoms. The summed E-state index contributed by atoms with van der Waals surface area (Å²) in [4.78, 5) is 11.9. The number of carbonyl (C=O) groups excluding carboxylic acids is 1. The fraction of sp³-hybridized carbons (Fsp3) is 0.533. The van der Waals surface area contributed by atoms with Crippen LogP contribution in [0.15, 0.2) is 24.3 Å². The van der Waals surface area contributed by atoms with Gasteiger partial charge in [0, 0.05) is 12.5 Å². The highest BCUT2D eigenvalue weighted by molar-refractivity contribution is 5.81. The third kappa shape index (κ3) is 2.72. The second kappa shape index (κ2) is 5.11. The molecule has 1 unspecified atom stereocenters. The Morgan fingerprint density at radius 1 is 1.28 bits per heavy atom. The lowest BCUT2D eigenvalue weighted by atomic mass is 9.89. The van der Waals surface area contributed by atoms with E-state index < -0.39 is 0 Å². The predicted molar refractivity (Wildman–Crippen MR) is 69.9 cm³/mol. The molecule has 1 aromatic carbocycles. The first-order valence-corrected chi connectivity index (χ1v) is 6.80. The molecule has 1 heterocycles. The third-order valence-corrected chi connectivity index (χ3v) is 3.72. The van der Waals surface area contributed by atoms with Gasteiger partial charge in [-0.1, -0.05) is 18.2 Å². The number of rotatable bonds is 5. The Labute approximate surface area is 108 Å². The van der Waals surface area contributed by atoms with Crippen LogP contribution in [0.1, 0.15) is 37.2 Å². The van der Waals surface area contributed by atoms with Crippen LogP contribution in [-0.2, 0) is 4.79 Å². The highest BCUT2D eigenvalue weighted by atomic mass is 16.5. The molecule has 18 heavy (non-hydrogen) atoms. The summed E-state index contributed by atoms with van der Waals surface area (Å²) in [7, 11) is 0. The van der Waals surface area contributed by atoms with Gasteiger partial charge >= 0.3 is 0 Å². The first kappa shape index (κ1) is 11.7.